The summed E-state index contributed by atoms with van der Waals surface area (Å²) in [5.41, 5.74) is 7.03. The van der Waals surface area contributed by atoms with E-state index in [9.17, 15) is 14.4 Å². The molecule has 0 saturated heterocycles. The predicted octanol–water partition coefficient (Wildman–Crippen LogP) is 2.36. The van der Waals surface area contributed by atoms with Gasteiger partial charge in [-0.1, -0.05) is 13.0 Å². The minimum atomic E-state index is -0.898. The van der Waals surface area contributed by atoms with Crippen LogP contribution in [0.5, 0.6) is 5.75 Å². The summed E-state index contributed by atoms with van der Waals surface area (Å²) in [6.45, 7) is 9.71. The number of aromatic nitrogens is 2. The molecule has 0 spiro atoms. The van der Waals surface area contributed by atoms with Gasteiger partial charge in [-0.05, 0) is 45.7 Å². The molecule has 2 aromatic rings. The van der Waals surface area contributed by atoms with Crippen LogP contribution in [0.4, 0.5) is 22.1 Å². The second-order valence-electron chi connectivity index (χ2n) is 8.02. The van der Waals surface area contributed by atoms with Crippen molar-refractivity contribution in [1.29, 1.82) is 0 Å². The van der Waals surface area contributed by atoms with Gasteiger partial charge in [-0.25, -0.2) is 14.8 Å². The Kier molecular flexibility index (Phi) is 11.4. The number of nitrogens with one attached hydrogen (secondary N) is 3. The van der Waals surface area contributed by atoms with Crippen molar-refractivity contribution in [2.24, 2.45) is 5.73 Å². The quantitative estimate of drug-likeness (QED) is 0.277. The number of nitrogens with zero attached hydrogens (tertiary/aromatic N) is 3. The number of nitrogens with two attached hydrogens (primary N) is 1. The van der Waals surface area contributed by atoms with Crippen LogP contribution in [0.2, 0.25) is 0 Å². The SMILES string of the molecule is CCc1nc(C(N)=O)c(Nc2cccc(OCCCNC(=O)[C@H](C)OC(=O)NC)c2)nc1N(CC)CC. The first kappa shape index (κ1) is 29.1. The van der Waals surface area contributed by atoms with Crippen molar-refractivity contribution in [3.8, 4) is 5.75 Å². The molecule has 1 heterocycles. The number of rotatable bonds is 14. The summed E-state index contributed by atoms with van der Waals surface area (Å²) in [4.78, 5) is 46.5. The molecule has 1 atom stereocenters. The lowest BCUT2D eigenvalue weighted by Crippen LogP contribution is -2.38. The first-order valence-corrected chi connectivity index (χ1v) is 12.3. The summed E-state index contributed by atoms with van der Waals surface area (Å²) < 4.78 is 10.7. The molecular weight excluding hydrogens is 478 g/mol. The summed E-state index contributed by atoms with van der Waals surface area (Å²) in [6.07, 6.45) is -0.410. The average Bonchev–Trinajstić information content (AvgIpc) is 2.89. The Balaban J connectivity index is 2.03. The zero-order chi connectivity index (χ0) is 27.4. The Bertz CT molecular complexity index is 1080. The van der Waals surface area contributed by atoms with Gasteiger partial charge in [0.2, 0.25) is 0 Å². The highest BCUT2D eigenvalue weighted by atomic mass is 16.6. The molecule has 0 aliphatic heterocycles. The molecule has 1 aromatic carbocycles. The van der Waals surface area contributed by atoms with E-state index in [1.165, 1.54) is 14.0 Å². The molecule has 1 aromatic heterocycles. The molecule has 202 valence electrons. The molecule has 3 amide bonds. The van der Waals surface area contributed by atoms with Gasteiger partial charge < -0.3 is 36.1 Å². The van der Waals surface area contributed by atoms with Crippen molar-refractivity contribution >= 4 is 35.2 Å². The molecule has 2 rings (SSSR count). The van der Waals surface area contributed by atoms with Crippen LogP contribution in [-0.4, -0.2) is 67.3 Å². The lowest BCUT2D eigenvalue weighted by molar-refractivity contribution is -0.128. The maximum Gasteiger partial charge on any atom is 0.407 e. The van der Waals surface area contributed by atoms with E-state index in [2.05, 4.69) is 25.8 Å². The lowest BCUT2D eigenvalue weighted by atomic mass is 10.2. The van der Waals surface area contributed by atoms with E-state index in [1.54, 1.807) is 18.2 Å². The topological polar surface area (TPSA) is 161 Å². The molecule has 37 heavy (non-hydrogen) atoms. The molecule has 0 unspecified atom stereocenters. The smallest absolute Gasteiger partial charge is 0.407 e. The van der Waals surface area contributed by atoms with Gasteiger partial charge in [0.15, 0.2) is 23.4 Å². The summed E-state index contributed by atoms with van der Waals surface area (Å²) >= 11 is 0. The highest BCUT2D eigenvalue weighted by molar-refractivity contribution is 5.96. The maximum absolute atomic E-state index is 12.1. The number of aryl methyl sites for hydroxylation is 1. The Labute approximate surface area is 217 Å². The van der Waals surface area contributed by atoms with E-state index >= 15 is 0 Å². The van der Waals surface area contributed by atoms with E-state index in [0.717, 1.165) is 13.1 Å². The van der Waals surface area contributed by atoms with Crippen LogP contribution in [0.3, 0.4) is 0 Å². The fourth-order valence-electron chi connectivity index (χ4n) is 3.42. The van der Waals surface area contributed by atoms with Crippen LogP contribution in [0.25, 0.3) is 0 Å². The van der Waals surface area contributed by atoms with Gasteiger partial charge in [0.1, 0.15) is 5.75 Å². The van der Waals surface area contributed by atoms with Gasteiger partial charge in [-0.3, -0.25) is 9.59 Å². The predicted molar refractivity (Wildman–Crippen MR) is 141 cm³/mol. The summed E-state index contributed by atoms with van der Waals surface area (Å²) in [5.74, 6) is 0.527. The lowest BCUT2D eigenvalue weighted by Gasteiger charge is -2.23. The number of amides is 3. The first-order valence-electron chi connectivity index (χ1n) is 12.3. The highest BCUT2D eigenvalue weighted by Crippen LogP contribution is 2.26. The second-order valence-corrected chi connectivity index (χ2v) is 8.02. The van der Waals surface area contributed by atoms with Gasteiger partial charge in [0, 0.05) is 38.4 Å². The van der Waals surface area contributed by atoms with E-state index in [1.807, 2.05) is 26.8 Å². The van der Waals surface area contributed by atoms with E-state index in [0.29, 0.717) is 48.9 Å². The monoisotopic (exact) mass is 515 g/mol. The van der Waals surface area contributed by atoms with E-state index in [4.69, 9.17) is 20.2 Å². The van der Waals surface area contributed by atoms with Crippen LogP contribution in [0, 0.1) is 0 Å². The van der Waals surface area contributed by atoms with Crippen LogP contribution in [-0.2, 0) is 16.0 Å². The second kappa shape index (κ2) is 14.5. The van der Waals surface area contributed by atoms with Crippen molar-refractivity contribution in [2.45, 2.75) is 46.6 Å². The molecule has 0 radical (unpaired) electrons. The van der Waals surface area contributed by atoms with Crippen molar-refractivity contribution in [2.75, 3.05) is 43.5 Å². The number of benzene rings is 1. The normalized spacial score (nSPS) is 11.3. The number of primary amides is 1. The van der Waals surface area contributed by atoms with Gasteiger partial charge in [0.25, 0.3) is 11.8 Å². The zero-order valence-corrected chi connectivity index (χ0v) is 22.1. The fraction of sp³-hybridized carbons (Fsp3) is 0.480. The van der Waals surface area contributed by atoms with E-state index < -0.39 is 18.1 Å². The van der Waals surface area contributed by atoms with Crippen LogP contribution < -0.4 is 31.3 Å². The summed E-state index contributed by atoms with van der Waals surface area (Å²) in [6, 6.07) is 7.19. The number of anilines is 3. The van der Waals surface area contributed by atoms with Crippen molar-refractivity contribution in [3.63, 3.8) is 0 Å². The molecule has 0 bridgehead atoms. The molecule has 0 aliphatic rings. The van der Waals surface area contributed by atoms with Gasteiger partial charge in [-0.2, -0.15) is 0 Å². The number of hydrogen-bond acceptors (Lipinski definition) is 9. The molecule has 0 fully saturated rings. The maximum atomic E-state index is 12.1. The minimum absolute atomic E-state index is 0.0736. The molecule has 5 N–H and O–H groups in total. The Hall–Kier alpha value is -4.09. The highest BCUT2D eigenvalue weighted by Gasteiger charge is 2.20. The number of carbonyl (C=O) groups excluding carboxylic acids is 3. The van der Waals surface area contributed by atoms with Crippen LogP contribution in [0.1, 0.15) is 50.3 Å². The van der Waals surface area contributed by atoms with Gasteiger partial charge >= 0.3 is 6.09 Å². The Morgan fingerprint density at radius 1 is 1.14 bits per heavy atom. The number of alkyl carbamates (subject to hydrolysis) is 1. The van der Waals surface area contributed by atoms with Crippen molar-refractivity contribution < 1.29 is 23.9 Å². The van der Waals surface area contributed by atoms with Gasteiger partial charge in [0.05, 0.1) is 12.3 Å². The minimum Gasteiger partial charge on any atom is -0.493 e. The number of hydrogen-bond donors (Lipinski definition) is 4. The molecular formula is C25H37N7O5. The fourth-order valence-corrected chi connectivity index (χ4v) is 3.42. The molecule has 12 heteroatoms. The molecule has 12 nitrogen and oxygen atoms in total. The molecule has 0 aliphatic carbocycles. The standard InChI is InChI=1S/C25H37N7O5/c1-6-19-23(32(7-2)8-3)31-22(20(30-19)21(26)33)29-17-11-9-12-18(15-17)36-14-10-13-28-24(34)16(4)37-25(35)27-5/h9,11-12,15-16H,6-8,10,13-14H2,1-5H3,(H2,26,33)(H,27,35)(H,28,34)(H,29,31)/t16-/m0/s1. The molecule has 0 saturated carbocycles. The van der Waals surface area contributed by atoms with Crippen LogP contribution in [0.15, 0.2) is 24.3 Å². The third-order valence-corrected chi connectivity index (χ3v) is 5.42. The third-order valence-electron chi connectivity index (χ3n) is 5.42. The Morgan fingerprint density at radius 2 is 1.86 bits per heavy atom. The van der Waals surface area contributed by atoms with Gasteiger partial charge in [-0.15, -0.1) is 0 Å². The zero-order valence-electron chi connectivity index (χ0n) is 22.1. The van der Waals surface area contributed by atoms with Crippen LogP contribution >= 0.6 is 0 Å². The first-order chi connectivity index (χ1) is 17.7. The van der Waals surface area contributed by atoms with Crippen molar-refractivity contribution in [1.82, 2.24) is 20.6 Å². The number of ether oxygens (including phenoxy) is 2. The average molecular weight is 516 g/mol. The van der Waals surface area contributed by atoms with Crippen molar-refractivity contribution in [3.05, 3.63) is 35.7 Å². The van der Waals surface area contributed by atoms with E-state index in [-0.39, 0.29) is 17.4 Å². The Morgan fingerprint density at radius 3 is 2.49 bits per heavy atom. The summed E-state index contributed by atoms with van der Waals surface area (Å²) in [7, 11) is 1.42. The largest absolute Gasteiger partial charge is 0.493 e. The third kappa shape index (κ3) is 8.51. The number of carbonyl (C=O) groups is 3. The summed E-state index contributed by atoms with van der Waals surface area (Å²) in [5, 5.41) is 8.14.